The summed E-state index contributed by atoms with van der Waals surface area (Å²) in [5.41, 5.74) is 9.91. The van der Waals surface area contributed by atoms with Crippen LogP contribution >= 0.6 is 0 Å². The van der Waals surface area contributed by atoms with E-state index >= 15 is 0 Å². The fourth-order valence-electron chi connectivity index (χ4n) is 3.06. The highest BCUT2D eigenvalue weighted by atomic mass is 16.5. The van der Waals surface area contributed by atoms with Crippen molar-refractivity contribution >= 4 is 28.6 Å². The molecule has 9 nitrogen and oxygen atoms in total. The molecule has 0 fully saturated rings. The van der Waals surface area contributed by atoms with Gasteiger partial charge in [-0.15, -0.1) is 0 Å². The van der Waals surface area contributed by atoms with Crippen LogP contribution in [0.4, 0.5) is 11.6 Å². The molecule has 0 radical (unpaired) electrons. The Hall–Kier alpha value is -4.14. The molecule has 0 saturated heterocycles. The predicted molar refractivity (Wildman–Crippen MR) is 119 cm³/mol. The van der Waals surface area contributed by atoms with Crippen LogP contribution in [-0.2, 0) is 13.6 Å². The average molecular weight is 417 g/mol. The van der Waals surface area contributed by atoms with Gasteiger partial charge >= 0.3 is 6.01 Å². The van der Waals surface area contributed by atoms with E-state index in [1.807, 2.05) is 54.1 Å². The lowest BCUT2D eigenvalue weighted by atomic mass is 10.2. The molecule has 2 aromatic carbocycles. The number of nitrogen functional groups attached to an aromatic ring is 1. The molecule has 9 heteroatoms. The Morgan fingerprint density at radius 3 is 2.52 bits per heavy atom. The summed E-state index contributed by atoms with van der Waals surface area (Å²) in [6.45, 7) is 0.602. The second kappa shape index (κ2) is 8.31. The van der Waals surface area contributed by atoms with Gasteiger partial charge in [0.05, 0.1) is 16.6 Å². The van der Waals surface area contributed by atoms with Crippen LogP contribution in [-0.4, -0.2) is 44.4 Å². The van der Waals surface area contributed by atoms with E-state index in [9.17, 15) is 4.79 Å². The van der Waals surface area contributed by atoms with Crippen LogP contribution in [0.2, 0.25) is 0 Å². The van der Waals surface area contributed by atoms with E-state index in [1.54, 1.807) is 14.1 Å². The smallest absolute Gasteiger partial charge is 0.321 e. The third-order valence-corrected chi connectivity index (χ3v) is 4.77. The third-order valence-electron chi connectivity index (χ3n) is 4.77. The Labute approximate surface area is 179 Å². The van der Waals surface area contributed by atoms with Crippen LogP contribution in [0, 0.1) is 0 Å². The van der Waals surface area contributed by atoms with Crippen LogP contribution in [0.3, 0.4) is 0 Å². The number of anilines is 2. The summed E-state index contributed by atoms with van der Waals surface area (Å²) in [5, 5.41) is 3.34. The predicted octanol–water partition coefficient (Wildman–Crippen LogP) is 3.05. The van der Waals surface area contributed by atoms with Gasteiger partial charge in [0.2, 0.25) is 5.95 Å². The first-order chi connectivity index (χ1) is 14.9. The zero-order valence-electron chi connectivity index (χ0n) is 17.5. The van der Waals surface area contributed by atoms with Crippen molar-refractivity contribution in [2.75, 3.05) is 25.1 Å². The van der Waals surface area contributed by atoms with Crippen LogP contribution < -0.4 is 15.8 Å². The number of carbonyl (C=O) groups is 1. The van der Waals surface area contributed by atoms with E-state index in [4.69, 9.17) is 10.5 Å². The molecular formula is C22H23N7O2. The van der Waals surface area contributed by atoms with Crippen LogP contribution in [0.15, 0.2) is 54.9 Å². The molecule has 0 spiro atoms. The first-order valence-electron chi connectivity index (χ1n) is 9.67. The molecule has 1 amide bonds. The molecule has 0 unspecified atom stereocenters. The summed E-state index contributed by atoms with van der Waals surface area (Å²) in [6, 6.07) is 13.4. The fraction of sp³-hybridized carbons (Fsp3) is 0.182. The summed E-state index contributed by atoms with van der Waals surface area (Å²) in [7, 11) is 5.30. The monoisotopic (exact) mass is 417 g/mol. The number of hydrogen-bond donors (Lipinski definition) is 2. The molecule has 2 heterocycles. The minimum absolute atomic E-state index is 0.160. The zero-order valence-corrected chi connectivity index (χ0v) is 17.5. The van der Waals surface area contributed by atoms with E-state index < -0.39 is 0 Å². The molecule has 0 aliphatic carbocycles. The number of aromatic nitrogens is 4. The number of rotatable bonds is 6. The lowest BCUT2D eigenvalue weighted by Gasteiger charge is -2.10. The third kappa shape index (κ3) is 4.40. The number of nitrogens with one attached hydrogen (secondary N) is 1. The number of nitrogens with zero attached hydrogens (tertiary/aromatic N) is 5. The summed E-state index contributed by atoms with van der Waals surface area (Å²) in [4.78, 5) is 26.2. The lowest BCUT2D eigenvalue weighted by molar-refractivity contribution is 0.0826. The number of amides is 1. The summed E-state index contributed by atoms with van der Waals surface area (Å²) in [5.74, 6) is 1.21. The quantitative estimate of drug-likeness (QED) is 0.464. The van der Waals surface area contributed by atoms with Crippen LogP contribution in [0.25, 0.3) is 11.0 Å². The van der Waals surface area contributed by atoms with Crippen molar-refractivity contribution in [1.29, 1.82) is 0 Å². The maximum atomic E-state index is 11.9. The van der Waals surface area contributed by atoms with Gasteiger partial charge in [0.15, 0.2) is 0 Å². The molecule has 0 aliphatic rings. The number of carbonyl (C=O) groups excluding carboxylic acids is 1. The number of hydrogen-bond acceptors (Lipinski definition) is 7. The number of imidazole rings is 1. The number of aryl methyl sites for hydroxylation is 1. The molecule has 0 aliphatic heterocycles. The number of benzene rings is 2. The zero-order chi connectivity index (χ0) is 22.0. The van der Waals surface area contributed by atoms with Gasteiger partial charge in [-0.25, -0.2) is 15.0 Å². The van der Waals surface area contributed by atoms with E-state index in [0.717, 1.165) is 22.5 Å². The molecule has 4 rings (SSSR count). The van der Waals surface area contributed by atoms with Crippen molar-refractivity contribution in [2.45, 2.75) is 6.54 Å². The van der Waals surface area contributed by atoms with Crippen LogP contribution in [0.5, 0.6) is 11.8 Å². The molecule has 3 N–H and O–H groups in total. The van der Waals surface area contributed by atoms with E-state index in [2.05, 4.69) is 20.3 Å². The average Bonchev–Trinajstić information content (AvgIpc) is 3.08. The fourth-order valence-corrected chi connectivity index (χ4v) is 3.06. The highest BCUT2D eigenvalue weighted by Crippen LogP contribution is 2.22. The molecule has 4 aromatic rings. The Morgan fingerprint density at radius 1 is 1.13 bits per heavy atom. The van der Waals surface area contributed by atoms with Gasteiger partial charge < -0.3 is 25.3 Å². The van der Waals surface area contributed by atoms with Crippen molar-refractivity contribution in [3.05, 3.63) is 66.0 Å². The standard InChI is InChI=1S/C22H23N7O2/c1-28(2)20(30)15-12-25-22(26-13-15)31-17-7-4-14(5-8-17)11-24-21-27-18-9-6-16(23)10-19(18)29(21)3/h4-10,12-13H,11,23H2,1-3H3,(H,24,27). The topological polar surface area (TPSA) is 111 Å². The molecular weight excluding hydrogens is 394 g/mol. The SMILES string of the molecule is CN(C)C(=O)c1cnc(Oc2ccc(CNc3nc4ccc(N)cc4n3C)cc2)nc1. The van der Waals surface area contributed by atoms with Crippen molar-refractivity contribution < 1.29 is 9.53 Å². The highest BCUT2D eigenvalue weighted by molar-refractivity contribution is 5.93. The van der Waals surface area contributed by atoms with Crippen molar-refractivity contribution in [3.63, 3.8) is 0 Å². The minimum atomic E-state index is -0.160. The highest BCUT2D eigenvalue weighted by Gasteiger charge is 2.10. The van der Waals surface area contributed by atoms with Gasteiger partial charge in [-0.3, -0.25) is 4.79 Å². The van der Waals surface area contributed by atoms with Gasteiger partial charge in [-0.2, -0.15) is 0 Å². The van der Waals surface area contributed by atoms with Crippen LogP contribution in [0.1, 0.15) is 15.9 Å². The maximum absolute atomic E-state index is 11.9. The molecule has 0 bridgehead atoms. The summed E-state index contributed by atoms with van der Waals surface area (Å²) < 4.78 is 7.64. The summed E-state index contributed by atoms with van der Waals surface area (Å²) in [6.07, 6.45) is 2.90. The minimum Gasteiger partial charge on any atom is -0.424 e. The lowest BCUT2D eigenvalue weighted by Crippen LogP contribution is -2.21. The van der Waals surface area contributed by atoms with Crippen molar-refractivity contribution in [3.8, 4) is 11.8 Å². The van der Waals surface area contributed by atoms with Gasteiger partial charge in [0.1, 0.15) is 5.75 Å². The molecule has 2 aromatic heterocycles. The first kappa shape index (κ1) is 20.1. The second-order valence-electron chi connectivity index (χ2n) is 7.30. The molecule has 31 heavy (non-hydrogen) atoms. The molecule has 0 saturated carbocycles. The Morgan fingerprint density at radius 2 is 1.84 bits per heavy atom. The van der Waals surface area contributed by atoms with Crippen molar-refractivity contribution in [1.82, 2.24) is 24.4 Å². The van der Waals surface area contributed by atoms with Gasteiger partial charge in [-0.1, -0.05) is 12.1 Å². The van der Waals surface area contributed by atoms with Crippen molar-refractivity contribution in [2.24, 2.45) is 7.05 Å². The van der Waals surface area contributed by atoms with Gasteiger partial charge in [0, 0.05) is 45.8 Å². The normalized spacial score (nSPS) is 10.8. The number of ether oxygens (including phenoxy) is 1. The first-order valence-corrected chi connectivity index (χ1v) is 9.67. The Bertz CT molecular complexity index is 1220. The van der Waals surface area contributed by atoms with Gasteiger partial charge in [0.25, 0.3) is 5.91 Å². The molecule has 0 atom stereocenters. The van der Waals surface area contributed by atoms with E-state index in [0.29, 0.717) is 23.5 Å². The largest absolute Gasteiger partial charge is 0.424 e. The Balaban J connectivity index is 1.38. The number of nitrogens with two attached hydrogens (primary N) is 1. The Kier molecular flexibility index (Phi) is 5.40. The van der Waals surface area contributed by atoms with Gasteiger partial charge in [-0.05, 0) is 35.9 Å². The summed E-state index contributed by atoms with van der Waals surface area (Å²) >= 11 is 0. The molecule has 158 valence electrons. The van der Waals surface area contributed by atoms with E-state index in [-0.39, 0.29) is 11.9 Å². The van der Waals surface area contributed by atoms with E-state index in [1.165, 1.54) is 17.3 Å². The second-order valence-corrected chi connectivity index (χ2v) is 7.30. The number of fused-ring (bicyclic) bond motifs is 1. The maximum Gasteiger partial charge on any atom is 0.321 e.